The van der Waals surface area contributed by atoms with E-state index in [2.05, 4.69) is 58.3 Å². The van der Waals surface area contributed by atoms with E-state index in [0.717, 1.165) is 25.4 Å². The van der Waals surface area contributed by atoms with Crippen LogP contribution >= 0.6 is 0 Å². The number of nitrogens with zero attached hydrogens (tertiary/aromatic N) is 2. The number of rotatable bonds is 3. The third kappa shape index (κ3) is 2.35. The van der Waals surface area contributed by atoms with Gasteiger partial charge in [0.1, 0.15) is 5.75 Å². The first-order valence-corrected chi connectivity index (χ1v) is 8.07. The minimum atomic E-state index is 0.553. The van der Waals surface area contributed by atoms with Crippen molar-refractivity contribution in [3.63, 3.8) is 0 Å². The maximum Gasteiger partial charge on any atom is 0.118 e. The Morgan fingerprint density at radius 1 is 1.05 bits per heavy atom. The van der Waals surface area contributed by atoms with Crippen molar-refractivity contribution in [1.29, 1.82) is 0 Å². The maximum atomic E-state index is 5.24. The number of hydrogen-bond acceptors (Lipinski definition) is 3. The van der Waals surface area contributed by atoms with Crippen LogP contribution in [0.15, 0.2) is 48.5 Å². The molecule has 0 saturated carbocycles. The van der Waals surface area contributed by atoms with Gasteiger partial charge < -0.3 is 9.64 Å². The monoisotopic (exact) mass is 294 g/mol. The summed E-state index contributed by atoms with van der Waals surface area (Å²) < 4.78 is 5.24. The van der Waals surface area contributed by atoms with E-state index < -0.39 is 0 Å². The summed E-state index contributed by atoms with van der Waals surface area (Å²) in [7, 11) is 1.72. The van der Waals surface area contributed by atoms with Gasteiger partial charge in [0.15, 0.2) is 0 Å². The van der Waals surface area contributed by atoms with E-state index in [1.807, 2.05) is 0 Å². The fourth-order valence-electron chi connectivity index (χ4n) is 3.79. The standard InChI is InChI=1S/C19H22N2O/c1-22-17-9-6-15(7-10-17)14-20-12-13-21-18-5-3-2-4-16(18)8-11-19(20)21/h2-7,9-10,19H,8,11-14H2,1H3. The van der Waals surface area contributed by atoms with E-state index in [1.54, 1.807) is 7.11 Å². The second kappa shape index (κ2) is 5.65. The number of fused-ring (bicyclic) bond motifs is 3. The summed E-state index contributed by atoms with van der Waals surface area (Å²) in [5.41, 5.74) is 4.31. The summed E-state index contributed by atoms with van der Waals surface area (Å²) in [6.07, 6.45) is 2.97. The molecule has 1 saturated heterocycles. The number of methoxy groups -OCH3 is 1. The molecule has 3 nitrogen and oxygen atoms in total. The molecule has 1 unspecified atom stereocenters. The summed E-state index contributed by atoms with van der Waals surface area (Å²) >= 11 is 0. The molecule has 0 aromatic heterocycles. The van der Waals surface area contributed by atoms with Gasteiger partial charge in [-0.15, -0.1) is 0 Å². The smallest absolute Gasteiger partial charge is 0.118 e. The van der Waals surface area contributed by atoms with Crippen LogP contribution < -0.4 is 9.64 Å². The Hall–Kier alpha value is -2.00. The van der Waals surface area contributed by atoms with Gasteiger partial charge in [-0.3, -0.25) is 4.90 Å². The molecule has 0 N–H and O–H groups in total. The number of anilines is 1. The lowest BCUT2D eigenvalue weighted by molar-refractivity contribution is 0.232. The Morgan fingerprint density at radius 2 is 1.86 bits per heavy atom. The molecule has 3 heteroatoms. The predicted octanol–water partition coefficient (Wildman–Crippen LogP) is 3.29. The Balaban J connectivity index is 1.51. The molecule has 4 rings (SSSR count). The molecule has 0 amide bonds. The van der Waals surface area contributed by atoms with E-state index >= 15 is 0 Å². The quantitative estimate of drug-likeness (QED) is 0.864. The summed E-state index contributed by atoms with van der Waals surface area (Å²) in [4.78, 5) is 5.19. The number of hydrogen-bond donors (Lipinski definition) is 0. The van der Waals surface area contributed by atoms with Crippen LogP contribution in [0.1, 0.15) is 17.5 Å². The van der Waals surface area contributed by atoms with Crippen LogP contribution in [0.25, 0.3) is 0 Å². The van der Waals surface area contributed by atoms with Crippen LogP contribution in [0.3, 0.4) is 0 Å². The van der Waals surface area contributed by atoms with Gasteiger partial charge in [-0.2, -0.15) is 0 Å². The molecule has 2 aliphatic rings. The van der Waals surface area contributed by atoms with Crippen molar-refractivity contribution in [2.24, 2.45) is 0 Å². The van der Waals surface area contributed by atoms with Crippen molar-refractivity contribution in [2.75, 3.05) is 25.1 Å². The highest BCUT2D eigenvalue weighted by molar-refractivity contribution is 5.57. The predicted molar refractivity (Wildman–Crippen MR) is 89.3 cm³/mol. The molecule has 0 bridgehead atoms. The minimum absolute atomic E-state index is 0.553. The molecular weight excluding hydrogens is 272 g/mol. The Bertz CT molecular complexity index is 653. The first-order valence-electron chi connectivity index (χ1n) is 8.07. The van der Waals surface area contributed by atoms with E-state index in [9.17, 15) is 0 Å². The van der Waals surface area contributed by atoms with Crippen LogP contribution in [0.4, 0.5) is 5.69 Å². The SMILES string of the molecule is COc1ccc(CN2CCN3c4ccccc4CCC23)cc1. The zero-order valence-electron chi connectivity index (χ0n) is 13.0. The van der Waals surface area contributed by atoms with Crippen molar-refractivity contribution in [2.45, 2.75) is 25.6 Å². The zero-order valence-corrected chi connectivity index (χ0v) is 13.0. The number of benzene rings is 2. The molecule has 0 aliphatic carbocycles. The lowest BCUT2D eigenvalue weighted by Gasteiger charge is -2.36. The zero-order chi connectivity index (χ0) is 14.9. The molecular formula is C19H22N2O. The summed E-state index contributed by atoms with van der Waals surface area (Å²) in [5.74, 6) is 0.929. The fourth-order valence-corrected chi connectivity index (χ4v) is 3.79. The average molecular weight is 294 g/mol. The van der Waals surface area contributed by atoms with Gasteiger partial charge in [0.05, 0.1) is 13.3 Å². The van der Waals surface area contributed by atoms with Crippen LogP contribution in [0.5, 0.6) is 5.75 Å². The first kappa shape index (κ1) is 13.6. The lowest BCUT2D eigenvalue weighted by atomic mass is 10.00. The highest BCUT2D eigenvalue weighted by atomic mass is 16.5. The second-order valence-electron chi connectivity index (χ2n) is 6.16. The molecule has 1 atom stereocenters. The molecule has 2 aromatic carbocycles. The molecule has 22 heavy (non-hydrogen) atoms. The highest BCUT2D eigenvalue weighted by Gasteiger charge is 2.35. The molecule has 2 heterocycles. The highest BCUT2D eigenvalue weighted by Crippen LogP contribution is 2.35. The minimum Gasteiger partial charge on any atom is -0.497 e. The van der Waals surface area contributed by atoms with Crippen LogP contribution in [0.2, 0.25) is 0 Å². The van der Waals surface area contributed by atoms with E-state index in [0.29, 0.717) is 6.17 Å². The Labute approximate surface area is 132 Å². The Kier molecular flexibility index (Phi) is 3.51. The summed E-state index contributed by atoms with van der Waals surface area (Å²) in [6.45, 7) is 3.30. The molecule has 2 aromatic rings. The van der Waals surface area contributed by atoms with Crippen LogP contribution in [-0.4, -0.2) is 31.3 Å². The lowest BCUT2D eigenvalue weighted by Crippen LogP contribution is -2.41. The van der Waals surface area contributed by atoms with Crippen molar-refractivity contribution < 1.29 is 4.74 Å². The van der Waals surface area contributed by atoms with Gasteiger partial charge in [0.25, 0.3) is 0 Å². The topological polar surface area (TPSA) is 15.7 Å². The van der Waals surface area contributed by atoms with E-state index in [-0.39, 0.29) is 0 Å². The van der Waals surface area contributed by atoms with Gasteiger partial charge >= 0.3 is 0 Å². The number of para-hydroxylation sites is 1. The van der Waals surface area contributed by atoms with Crippen molar-refractivity contribution >= 4 is 5.69 Å². The molecule has 0 radical (unpaired) electrons. The van der Waals surface area contributed by atoms with E-state index in [4.69, 9.17) is 4.74 Å². The summed E-state index contributed by atoms with van der Waals surface area (Å²) in [5, 5.41) is 0. The molecule has 1 fully saturated rings. The van der Waals surface area contributed by atoms with Crippen LogP contribution in [0, 0.1) is 0 Å². The van der Waals surface area contributed by atoms with Crippen molar-refractivity contribution in [3.8, 4) is 5.75 Å². The van der Waals surface area contributed by atoms with Gasteiger partial charge in [0.2, 0.25) is 0 Å². The van der Waals surface area contributed by atoms with Gasteiger partial charge in [-0.25, -0.2) is 0 Å². The normalized spacial score (nSPS) is 20.6. The van der Waals surface area contributed by atoms with Gasteiger partial charge in [-0.05, 0) is 42.2 Å². The maximum absolute atomic E-state index is 5.24. The second-order valence-corrected chi connectivity index (χ2v) is 6.16. The number of ether oxygens (including phenoxy) is 1. The average Bonchev–Trinajstić information content (AvgIpc) is 2.99. The third-order valence-corrected chi connectivity index (χ3v) is 4.93. The van der Waals surface area contributed by atoms with Gasteiger partial charge in [-0.1, -0.05) is 30.3 Å². The van der Waals surface area contributed by atoms with Crippen molar-refractivity contribution in [3.05, 3.63) is 59.7 Å². The third-order valence-electron chi connectivity index (χ3n) is 4.93. The van der Waals surface area contributed by atoms with Gasteiger partial charge in [0, 0.05) is 25.3 Å². The summed E-state index contributed by atoms with van der Waals surface area (Å²) in [6, 6.07) is 17.3. The molecule has 114 valence electrons. The number of aryl methyl sites for hydroxylation is 1. The Morgan fingerprint density at radius 3 is 2.68 bits per heavy atom. The first-order chi connectivity index (χ1) is 10.8. The fraction of sp³-hybridized carbons (Fsp3) is 0.368. The van der Waals surface area contributed by atoms with Crippen molar-refractivity contribution in [1.82, 2.24) is 4.90 Å². The largest absolute Gasteiger partial charge is 0.497 e. The van der Waals surface area contributed by atoms with E-state index in [1.165, 1.54) is 29.7 Å². The molecule has 2 aliphatic heterocycles. The van der Waals surface area contributed by atoms with Crippen LogP contribution in [-0.2, 0) is 13.0 Å². The molecule has 0 spiro atoms.